The maximum absolute atomic E-state index is 9.47. The Morgan fingerprint density at radius 3 is 2.47 bits per heavy atom. The molecule has 0 aliphatic carbocycles. The lowest BCUT2D eigenvalue weighted by Gasteiger charge is -2.11. The second-order valence-corrected chi connectivity index (χ2v) is 5.22. The van der Waals surface area contributed by atoms with Gasteiger partial charge in [0.2, 0.25) is 0 Å². The molecule has 0 aliphatic heterocycles. The number of hydrogen-bond donors (Lipinski definition) is 1. The highest BCUT2D eigenvalue weighted by Crippen LogP contribution is 2.30. The topological polar surface area (TPSA) is 46.3 Å². The van der Waals surface area contributed by atoms with Gasteiger partial charge in [0.25, 0.3) is 0 Å². The molecule has 2 aromatic rings. The molecule has 1 aromatic heterocycles. The molecule has 2 rings (SSSR count). The number of rotatable bonds is 1. The van der Waals surface area contributed by atoms with Gasteiger partial charge in [-0.2, -0.15) is 0 Å². The Kier molecular flexibility index (Phi) is 2.69. The van der Waals surface area contributed by atoms with E-state index in [-0.39, 0.29) is 11.2 Å². The average Bonchev–Trinajstić information content (AvgIpc) is 2.60. The van der Waals surface area contributed by atoms with Crippen molar-refractivity contribution in [1.29, 1.82) is 0 Å². The van der Waals surface area contributed by atoms with Crippen molar-refractivity contribution >= 4 is 0 Å². The van der Waals surface area contributed by atoms with Crippen LogP contribution < -0.4 is 0 Å². The smallest absolute Gasteiger partial charge is 0.200 e. The molecular weight excluding hydrogens is 214 g/mol. The van der Waals surface area contributed by atoms with E-state index >= 15 is 0 Å². The Morgan fingerprint density at radius 2 is 1.94 bits per heavy atom. The summed E-state index contributed by atoms with van der Waals surface area (Å²) in [7, 11) is 0. The van der Waals surface area contributed by atoms with E-state index in [2.05, 4.69) is 25.8 Å². The fourth-order valence-corrected chi connectivity index (χ4v) is 1.64. The molecule has 0 atom stereocenters. The largest absolute Gasteiger partial charge is 0.508 e. The third-order valence-corrected chi connectivity index (χ3v) is 2.56. The van der Waals surface area contributed by atoms with Crippen LogP contribution >= 0.6 is 0 Å². The maximum Gasteiger partial charge on any atom is 0.200 e. The van der Waals surface area contributed by atoms with Crippen LogP contribution in [0.2, 0.25) is 0 Å². The molecule has 0 saturated carbocycles. The number of phenolic OH excluding ortho intramolecular Hbond substituents is 1. The van der Waals surface area contributed by atoms with Crippen LogP contribution in [0.25, 0.3) is 11.3 Å². The van der Waals surface area contributed by atoms with Gasteiger partial charge in [-0.1, -0.05) is 32.9 Å². The summed E-state index contributed by atoms with van der Waals surface area (Å²) in [6.45, 7) is 8.07. The highest BCUT2D eigenvalue weighted by Gasteiger charge is 2.22. The van der Waals surface area contributed by atoms with Crippen LogP contribution in [0.3, 0.4) is 0 Å². The molecule has 3 heteroatoms. The molecule has 1 heterocycles. The normalized spacial score (nSPS) is 11.8. The molecule has 0 saturated heterocycles. The summed E-state index contributed by atoms with van der Waals surface area (Å²) in [6.07, 6.45) is 0. The van der Waals surface area contributed by atoms with E-state index in [0.717, 1.165) is 17.0 Å². The lowest BCUT2D eigenvalue weighted by atomic mass is 9.97. The van der Waals surface area contributed by atoms with Crippen molar-refractivity contribution < 1.29 is 9.52 Å². The number of aromatic nitrogens is 1. The Bertz CT molecular complexity index is 535. The molecule has 0 bridgehead atoms. The minimum absolute atomic E-state index is 0.111. The number of oxazole rings is 1. The molecule has 0 aliphatic rings. The molecule has 1 aromatic carbocycles. The van der Waals surface area contributed by atoms with Gasteiger partial charge in [0.05, 0.1) is 0 Å². The minimum atomic E-state index is -0.111. The van der Waals surface area contributed by atoms with Crippen molar-refractivity contribution in [3.05, 3.63) is 35.9 Å². The molecule has 0 unspecified atom stereocenters. The number of aromatic hydroxyl groups is 1. The first kappa shape index (κ1) is 11.7. The van der Waals surface area contributed by atoms with E-state index in [1.807, 2.05) is 13.0 Å². The predicted octanol–water partition coefficient (Wildman–Crippen LogP) is 3.65. The summed E-state index contributed by atoms with van der Waals surface area (Å²) in [5, 5.41) is 9.47. The summed E-state index contributed by atoms with van der Waals surface area (Å²) in [6, 6.07) is 7.05. The Balaban J connectivity index is 2.50. The van der Waals surface area contributed by atoms with Crippen LogP contribution in [0, 0.1) is 6.92 Å². The van der Waals surface area contributed by atoms with E-state index in [4.69, 9.17) is 4.42 Å². The Morgan fingerprint density at radius 1 is 1.24 bits per heavy atom. The monoisotopic (exact) mass is 231 g/mol. The molecular formula is C14H17NO2. The second kappa shape index (κ2) is 3.91. The molecule has 0 spiro atoms. The Labute approximate surface area is 101 Å². The fraction of sp³-hybridized carbons (Fsp3) is 0.357. The first-order valence-electron chi connectivity index (χ1n) is 5.65. The summed E-state index contributed by atoms with van der Waals surface area (Å²) in [5.74, 6) is 1.73. The van der Waals surface area contributed by atoms with Crippen molar-refractivity contribution in [1.82, 2.24) is 4.98 Å². The molecule has 0 amide bonds. The van der Waals surface area contributed by atoms with Crippen molar-refractivity contribution in [3.8, 4) is 17.0 Å². The number of phenols is 1. The van der Waals surface area contributed by atoms with Crippen molar-refractivity contribution in [2.75, 3.05) is 0 Å². The van der Waals surface area contributed by atoms with Crippen LogP contribution in [0.4, 0.5) is 0 Å². The number of benzene rings is 1. The first-order chi connectivity index (χ1) is 7.88. The number of hydrogen-bond acceptors (Lipinski definition) is 3. The van der Waals surface area contributed by atoms with Crippen LogP contribution in [-0.2, 0) is 5.41 Å². The Hall–Kier alpha value is -1.77. The molecule has 90 valence electrons. The van der Waals surface area contributed by atoms with Gasteiger partial charge in [-0.15, -0.1) is 0 Å². The summed E-state index contributed by atoms with van der Waals surface area (Å²) in [4.78, 5) is 4.51. The summed E-state index contributed by atoms with van der Waals surface area (Å²) in [5.41, 5.74) is 1.56. The minimum Gasteiger partial charge on any atom is -0.508 e. The zero-order chi connectivity index (χ0) is 12.6. The van der Waals surface area contributed by atoms with Crippen LogP contribution in [0.1, 0.15) is 32.4 Å². The van der Waals surface area contributed by atoms with Crippen molar-refractivity contribution in [2.24, 2.45) is 0 Å². The summed E-state index contributed by atoms with van der Waals surface area (Å²) >= 11 is 0. The molecule has 0 fully saturated rings. The van der Waals surface area contributed by atoms with Crippen molar-refractivity contribution in [3.63, 3.8) is 0 Å². The van der Waals surface area contributed by atoms with Crippen LogP contribution in [-0.4, -0.2) is 10.1 Å². The van der Waals surface area contributed by atoms with Gasteiger partial charge >= 0.3 is 0 Å². The number of nitrogens with zero attached hydrogens (tertiary/aromatic N) is 1. The highest BCUT2D eigenvalue weighted by atomic mass is 16.4. The summed E-state index contributed by atoms with van der Waals surface area (Å²) < 4.78 is 5.68. The quantitative estimate of drug-likeness (QED) is 0.814. The van der Waals surface area contributed by atoms with Gasteiger partial charge in [0.15, 0.2) is 5.89 Å². The predicted molar refractivity (Wildman–Crippen MR) is 67.0 cm³/mol. The zero-order valence-corrected chi connectivity index (χ0v) is 10.6. The van der Waals surface area contributed by atoms with Gasteiger partial charge in [-0.3, -0.25) is 0 Å². The zero-order valence-electron chi connectivity index (χ0n) is 10.6. The second-order valence-electron chi connectivity index (χ2n) is 5.22. The molecule has 3 nitrogen and oxygen atoms in total. The number of aryl methyl sites for hydroxylation is 1. The molecule has 1 N–H and O–H groups in total. The van der Waals surface area contributed by atoms with Crippen LogP contribution in [0.15, 0.2) is 28.7 Å². The maximum atomic E-state index is 9.47. The van der Waals surface area contributed by atoms with E-state index in [9.17, 15) is 5.11 Å². The van der Waals surface area contributed by atoms with Crippen molar-refractivity contribution in [2.45, 2.75) is 33.1 Å². The lowest BCUT2D eigenvalue weighted by Crippen LogP contribution is -2.11. The standard InChI is InChI=1S/C14H17NO2/c1-9-12(10-6-5-7-11(16)8-10)15-13(17-9)14(2,3)4/h5-8,16H,1-4H3. The van der Waals surface area contributed by atoms with Crippen LogP contribution in [0.5, 0.6) is 5.75 Å². The SMILES string of the molecule is Cc1oc(C(C)(C)C)nc1-c1cccc(O)c1. The van der Waals surface area contributed by atoms with Gasteiger partial charge in [0.1, 0.15) is 17.2 Å². The fourth-order valence-electron chi connectivity index (χ4n) is 1.64. The van der Waals surface area contributed by atoms with E-state index in [1.165, 1.54) is 0 Å². The van der Waals surface area contributed by atoms with E-state index < -0.39 is 0 Å². The highest BCUT2D eigenvalue weighted by molar-refractivity contribution is 5.62. The van der Waals surface area contributed by atoms with Gasteiger partial charge in [0, 0.05) is 11.0 Å². The first-order valence-corrected chi connectivity index (χ1v) is 5.65. The van der Waals surface area contributed by atoms with Gasteiger partial charge in [-0.25, -0.2) is 4.98 Å². The third-order valence-electron chi connectivity index (χ3n) is 2.56. The van der Waals surface area contributed by atoms with E-state index in [1.54, 1.807) is 18.2 Å². The van der Waals surface area contributed by atoms with E-state index in [0.29, 0.717) is 5.89 Å². The third kappa shape index (κ3) is 2.33. The lowest BCUT2D eigenvalue weighted by molar-refractivity contribution is 0.380. The van der Waals surface area contributed by atoms with Gasteiger partial charge in [-0.05, 0) is 19.1 Å². The molecule has 17 heavy (non-hydrogen) atoms. The van der Waals surface area contributed by atoms with Gasteiger partial charge < -0.3 is 9.52 Å². The average molecular weight is 231 g/mol. The molecule has 0 radical (unpaired) electrons.